The first kappa shape index (κ1) is 18.1. The number of carbonyl (C=O) groups excluding carboxylic acids is 2. The number of anilines is 1. The van der Waals surface area contributed by atoms with E-state index in [4.69, 9.17) is 0 Å². The maximum Gasteiger partial charge on any atom is 0.274 e. The molecule has 5 nitrogen and oxygen atoms in total. The van der Waals surface area contributed by atoms with Crippen molar-refractivity contribution in [2.75, 3.05) is 18.4 Å². The Morgan fingerprint density at radius 3 is 2.42 bits per heavy atom. The van der Waals surface area contributed by atoms with Crippen molar-refractivity contribution in [3.8, 4) is 0 Å². The Kier molecular flexibility index (Phi) is 5.35. The topological polar surface area (TPSA) is 62.3 Å². The molecular weight excluding hydrogens is 326 g/mol. The summed E-state index contributed by atoms with van der Waals surface area (Å²) in [5.74, 6) is 0.333. The summed E-state index contributed by atoms with van der Waals surface area (Å²) in [6, 6.07) is 9.12. The molecule has 2 aromatic rings. The Morgan fingerprint density at radius 2 is 1.77 bits per heavy atom. The van der Waals surface area contributed by atoms with Crippen molar-refractivity contribution in [3.05, 3.63) is 58.9 Å². The quantitative estimate of drug-likeness (QED) is 0.914. The van der Waals surface area contributed by atoms with Crippen LogP contribution in [0.2, 0.25) is 0 Å². The van der Waals surface area contributed by atoms with Crippen LogP contribution in [0.15, 0.2) is 36.5 Å². The number of nitrogens with zero attached hydrogens (tertiary/aromatic N) is 2. The minimum absolute atomic E-state index is 0.0274. The van der Waals surface area contributed by atoms with Gasteiger partial charge in [0.25, 0.3) is 11.8 Å². The minimum Gasteiger partial charge on any atom is -0.339 e. The molecule has 3 rings (SSSR count). The summed E-state index contributed by atoms with van der Waals surface area (Å²) in [6.45, 7) is 7.66. The van der Waals surface area contributed by atoms with E-state index in [1.165, 1.54) is 6.20 Å². The van der Waals surface area contributed by atoms with Gasteiger partial charge in [-0.3, -0.25) is 14.6 Å². The van der Waals surface area contributed by atoms with Crippen LogP contribution < -0.4 is 5.32 Å². The summed E-state index contributed by atoms with van der Waals surface area (Å²) in [4.78, 5) is 31.3. The van der Waals surface area contributed by atoms with E-state index in [1.807, 2.05) is 36.9 Å². The maximum absolute atomic E-state index is 12.7. The van der Waals surface area contributed by atoms with Gasteiger partial charge in [0.1, 0.15) is 5.69 Å². The number of hydrogen-bond donors (Lipinski definition) is 1. The molecule has 0 radical (unpaired) electrons. The molecule has 5 heteroatoms. The Balaban J connectivity index is 1.76. The van der Waals surface area contributed by atoms with E-state index in [-0.39, 0.29) is 17.5 Å². The Hall–Kier alpha value is -2.69. The summed E-state index contributed by atoms with van der Waals surface area (Å²) in [5, 5.41) is 2.92. The Morgan fingerprint density at radius 1 is 1.12 bits per heavy atom. The van der Waals surface area contributed by atoms with Gasteiger partial charge in [-0.25, -0.2) is 0 Å². The van der Waals surface area contributed by atoms with Crippen molar-refractivity contribution in [2.45, 2.75) is 33.6 Å². The average Bonchev–Trinajstić information content (AvgIpc) is 2.65. The molecule has 0 saturated carbocycles. The van der Waals surface area contributed by atoms with Crippen LogP contribution in [0, 0.1) is 19.8 Å². The van der Waals surface area contributed by atoms with Crippen molar-refractivity contribution in [1.29, 1.82) is 0 Å². The molecule has 1 aliphatic heterocycles. The molecule has 1 aromatic carbocycles. The lowest BCUT2D eigenvalue weighted by Crippen LogP contribution is -2.38. The van der Waals surface area contributed by atoms with Gasteiger partial charge in [0.2, 0.25) is 0 Å². The van der Waals surface area contributed by atoms with Gasteiger partial charge in [-0.15, -0.1) is 0 Å². The fourth-order valence-electron chi connectivity index (χ4n) is 3.27. The van der Waals surface area contributed by atoms with E-state index >= 15 is 0 Å². The molecule has 2 amide bonds. The number of rotatable bonds is 3. The van der Waals surface area contributed by atoms with Crippen LogP contribution in [0.4, 0.5) is 5.69 Å². The Labute approximate surface area is 154 Å². The zero-order valence-electron chi connectivity index (χ0n) is 15.6. The third-order valence-electron chi connectivity index (χ3n) is 5.03. The second-order valence-corrected chi connectivity index (χ2v) is 7.13. The fourth-order valence-corrected chi connectivity index (χ4v) is 3.27. The molecule has 136 valence electrons. The van der Waals surface area contributed by atoms with Crippen LogP contribution in [0.3, 0.4) is 0 Å². The molecule has 0 bridgehead atoms. The highest BCUT2D eigenvalue weighted by atomic mass is 16.2. The van der Waals surface area contributed by atoms with Crippen LogP contribution in [-0.2, 0) is 0 Å². The van der Waals surface area contributed by atoms with Crippen LogP contribution in [0.5, 0.6) is 0 Å². The predicted molar refractivity (Wildman–Crippen MR) is 102 cm³/mol. The highest BCUT2D eigenvalue weighted by Crippen LogP contribution is 2.21. The summed E-state index contributed by atoms with van der Waals surface area (Å²) in [5.41, 5.74) is 3.55. The van der Waals surface area contributed by atoms with E-state index in [2.05, 4.69) is 17.2 Å². The van der Waals surface area contributed by atoms with Gasteiger partial charge < -0.3 is 10.2 Å². The molecule has 1 N–H and O–H groups in total. The third kappa shape index (κ3) is 3.93. The molecule has 26 heavy (non-hydrogen) atoms. The number of piperidine rings is 1. The summed E-state index contributed by atoms with van der Waals surface area (Å²) >= 11 is 0. The van der Waals surface area contributed by atoms with Crippen LogP contribution >= 0.6 is 0 Å². The lowest BCUT2D eigenvalue weighted by atomic mass is 9.98. The molecule has 1 aromatic heterocycles. The summed E-state index contributed by atoms with van der Waals surface area (Å²) in [6.07, 6.45) is 3.58. The van der Waals surface area contributed by atoms with Gasteiger partial charge in [-0.1, -0.05) is 25.1 Å². The highest BCUT2D eigenvalue weighted by Gasteiger charge is 2.22. The lowest BCUT2D eigenvalue weighted by Gasteiger charge is -2.30. The number of amides is 2. The lowest BCUT2D eigenvalue weighted by molar-refractivity contribution is 0.0697. The molecular formula is C21H25N3O2. The first-order chi connectivity index (χ1) is 12.5. The molecule has 0 aliphatic carbocycles. The van der Waals surface area contributed by atoms with E-state index in [1.54, 1.807) is 12.1 Å². The normalized spacial score (nSPS) is 15.0. The number of aryl methyl sites for hydroxylation is 2. The molecule has 0 unspecified atom stereocenters. The van der Waals surface area contributed by atoms with Crippen molar-refractivity contribution in [2.24, 2.45) is 5.92 Å². The van der Waals surface area contributed by atoms with Crippen molar-refractivity contribution in [1.82, 2.24) is 9.88 Å². The van der Waals surface area contributed by atoms with Crippen molar-refractivity contribution < 1.29 is 9.59 Å². The number of benzene rings is 1. The van der Waals surface area contributed by atoms with Gasteiger partial charge in [0.15, 0.2) is 0 Å². The number of pyridine rings is 1. The van der Waals surface area contributed by atoms with Crippen LogP contribution in [0.1, 0.15) is 51.7 Å². The monoisotopic (exact) mass is 351 g/mol. The zero-order chi connectivity index (χ0) is 18.7. The second-order valence-electron chi connectivity index (χ2n) is 7.13. The van der Waals surface area contributed by atoms with Crippen molar-refractivity contribution >= 4 is 17.5 Å². The van der Waals surface area contributed by atoms with Gasteiger partial charge >= 0.3 is 0 Å². The number of nitrogens with one attached hydrogen (secondary N) is 1. The van der Waals surface area contributed by atoms with E-state index in [0.29, 0.717) is 11.5 Å². The molecule has 1 fully saturated rings. The zero-order valence-corrected chi connectivity index (χ0v) is 15.6. The van der Waals surface area contributed by atoms with Crippen molar-refractivity contribution in [3.63, 3.8) is 0 Å². The number of aromatic nitrogens is 1. The SMILES string of the molecule is Cc1cccc(C)c1NC(=O)c1cc(C(=O)N2CCC(C)CC2)ccn1. The van der Waals surface area contributed by atoms with Gasteiger partial charge in [0.05, 0.1) is 0 Å². The largest absolute Gasteiger partial charge is 0.339 e. The number of carbonyl (C=O) groups is 2. The number of para-hydroxylation sites is 1. The molecule has 0 atom stereocenters. The Bertz CT molecular complexity index is 804. The van der Waals surface area contributed by atoms with Gasteiger partial charge in [0, 0.05) is 30.5 Å². The highest BCUT2D eigenvalue weighted by molar-refractivity contribution is 6.05. The predicted octanol–water partition coefficient (Wildman–Crippen LogP) is 3.82. The third-order valence-corrected chi connectivity index (χ3v) is 5.03. The molecule has 0 spiro atoms. The molecule has 1 aliphatic rings. The second kappa shape index (κ2) is 7.68. The summed E-state index contributed by atoms with van der Waals surface area (Å²) < 4.78 is 0. The smallest absolute Gasteiger partial charge is 0.274 e. The van der Waals surface area contributed by atoms with Crippen LogP contribution in [-0.4, -0.2) is 34.8 Å². The first-order valence-electron chi connectivity index (χ1n) is 9.08. The average molecular weight is 351 g/mol. The van der Waals surface area contributed by atoms with Gasteiger partial charge in [-0.05, 0) is 55.9 Å². The first-order valence-corrected chi connectivity index (χ1v) is 9.08. The number of likely N-dealkylation sites (tertiary alicyclic amines) is 1. The molecule has 2 heterocycles. The summed E-state index contributed by atoms with van der Waals surface area (Å²) in [7, 11) is 0. The molecule has 1 saturated heterocycles. The van der Waals surface area contributed by atoms with E-state index in [0.717, 1.165) is 42.7 Å². The van der Waals surface area contributed by atoms with E-state index in [9.17, 15) is 9.59 Å². The number of hydrogen-bond acceptors (Lipinski definition) is 3. The minimum atomic E-state index is -0.302. The van der Waals surface area contributed by atoms with Crippen LogP contribution in [0.25, 0.3) is 0 Å². The fraction of sp³-hybridized carbons (Fsp3) is 0.381. The van der Waals surface area contributed by atoms with Gasteiger partial charge in [-0.2, -0.15) is 0 Å². The van der Waals surface area contributed by atoms with E-state index < -0.39 is 0 Å². The maximum atomic E-state index is 12.7. The standard InChI is InChI=1S/C21H25N3O2/c1-14-8-11-24(12-9-14)21(26)17-7-10-22-18(13-17)20(25)23-19-15(2)5-4-6-16(19)3/h4-7,10,13-14H,8-9,11-12H2,1-3H3,(H,23,25).